The van der Waals surface area contributed by atoms with E-state index in [2.05, 4.69) is 47.6 Å². The van der Waals surface area contributed by atoms with Crippen LogP contribution in [0.1, 0.15) is 31.9 Å². The molecule has 3 nitrogen and oxygen atoms in total. The fourth-order valence-electron chi connectivity index (χ4n) is 2.00. The third-order valence-corrected chi connectivity index (χ3v) is 3.10. The van der Waals surface area contributed by atoms with Gasteiger partial charge in [-0.05, 0) is 38.0 Å². The molecule has 0 bridgehead atoms. The molecule has 1 heterocycles. The first-order valence-electron chi connectivity index (χ1n) is 6.91. The Labute approximate surface area is 120 Å². The number of aromatic nitrogens is 1. The van der Waals surface area contributed by atoms with Crippen LogP contribution in [0.15, 0.2) is 36.4 Å². The second kappa shape index (κ2) is 6.21. The minimum absolute atomic E-state index is 0.243. The predicted octanol–water partition coefficient (Wildman–Crippen LogP) is 4.00. The summed E-state index contributed by atoms with van der Waals surface area (Å²) in [6.07, 6.45) is 1.03. The van der Waals surface area contributed by atoms with Gasteiger partial charge in [-0.2, -0.15) is 5.26 Å². The van der Waals surface area contributed by atoms with Crippen molar-refractivity contribution in [1.82, 2.24) is 4.98 Å². The fourth-order valence-corrected chi connectivity index (χ4v) is 2.00. The molecule has 3 heteroatoms. The molecule has 0 aliphatic heterocycles. The molecule has 102 valence electrons. The van der Waals surface area contributed by atoms with E-state index in [1.165, 1.54) is 5.56 Å². The summed E-state index contributed by atoms with van der Waals surface area (Å²) in [4.78, 5) is 4.58. The standard InChI is InChI=1S/C17H19N3/c1-4-13-5-7-14(8-6-13)16-10-9-15(11-18)17(20-16)19-12(2)3/h5-10,12H,4H2,1-3H3,(H,19,20). The number of nitriles is 1. The van der Waals surface area contributed by atoms with Crippen LogP contribution >= 0.6 is 0 Å². The molecule has 0 atom stereocenters. The Morgan fingerprint density at radius 3 is 2.40 bits per heavy atom. The molecule has 0 radical (unpaired) electrons. The number of hydrogen-bond donors (Lipinski definition) is 1. The number of nitrogens with zero attached hydrogens (tertiary/aromatic N) is 2. The van der Waals surface area contributed by atoms with Gasteiger partial charge in [0.15, 0.2) is 0 Å². The quantitative estimate of drug-likeness (QED) is 0.908. The summed E-state index contributed by atoms with van der Waals surface area (Å²) in [5, 5.41) is 12.4. The van der Waals surface area contributed by atoms with Crippen LogP contribution in [-0.2, 0) is 6.42 Å². The summed E-state index contributed by atoms with van der Waals surface area (Å²) in [7, 11) is 0. The van der Waals surface area contributed by atoms with E-state index in [1.807, 2.05) is 26.0 Å². The first-order chi connectivity index (χ1) is 9.63. The lowest BCUT2D eigenvalue weighted by Gasteiger charge is -2.12. The summed E-state index contributed by atoms with van der Waals surface area (Å²) < 4.78 is 0. The van der Waals surface area contributed by atoms with E-state index in [0.29, 0.717) is 11.4 Å². The van der Waals surface area contributed by atoms with Crippen LogP contribution in [0.2, 0.25) is 0 Å². The van der Waals surface area contributed by atoms with Crippen molar-refractivity contribution in [1.29, 1.82) is 5.26 Å². The molecule has 0 aliphatic carbocycles. The summed E-state index contributed by atoms with van der Waals surface area (Å²) in [5.41, 5.74) is 3.84. The van der Waals surface area contributed by atoms with Gasteiger partial charge in [0.05, 0.1) is 11.3 Å². The van der Waals surface area contributed by atoms with Gasteiger partial charge in [-0.25, -0.2) is 4.98 Å². The van der Waals surface area contributed by atoms with E-state index >= 15 is 0 Å². The summed E-state index contributed by atoms with van der Waals surface area (Å²) in [6.45, 7) is 6.21. The lowest BCUT2D eigenvalue weighted by molar-refractivity contribution is 0.888. The third kappa shape index (κ3) is 3.16. The molecule has 0 saturated heterocycles. The molecular formula is C17H19N3. The summed E-state index contributed by atoms with van der Waals surface area (Å²) in [6, 6.07) is 14.5. The van der Waals surface area contributed by atoms with Crippen molar-refractivity contribution in [2.45, 2.75) is 33.2 Å². The Hall–Kier alpha value is -2.34. The van der Waals surface area contributed by atoms with Gasteiger partial charge >= 0.3 is 0 Å². The molecule has 1 aromatic carbocycles. The Kier molecular flexibility index (Phi) is 4.37. The van der Waals surface area contributed by atoms with Crippen LogP contribution < -0.4 is 5.32 Å². The number of rotatable bonds is 4. The van der Waals surface area contributed by atoms with Crippen LogP contribution in [0, 0.1) is 11.3 Å². The van der Waals surface area contributed by atoms with Crippen LogP contribution in [0.3, 0.4) is 0 Å². The van der Waals surface area contributed by atoms with Crippen LogP contribution in [0.4, 0.5) is 5.82 Å². The largest absolute Gasteiger partial charge is 0.367 e. The number of benzene rings is 1. The highest BCUT2D eigenvalue weighted by atomic mass is 15.0. The van der Waals surface area contributed by atoms with Gasteiger partial charge in [-0.15, -0.1) is 0 Å². The molecule has 0 fully saturated rings. The Balaban J connectivity index is 2.39. The number of nitrogens with one attached hydrogen (secondary N) is 1. The van der Waals surface area contributed by atoms with E-state index < -0.39 is 0 Å². The summed E-state index contributed by atoms with van der Waals surface area (Å²) in [5.74, 6) is 0.652. The zero-order valence-electron chi connectivity index (χ0n) is 12.1. The highest BCUT2D eigenvalue weighted by molar-refractivity contribution is 5.65. The smallest absolute Gasteiger partial charge is 0.144 e. The van der Waals surface area contributed by atoms with E-state index in [1.54, 1.807) is 0 Å². The van der Waals surface area contributed by atoms with Crippen LogP contribution in [0.25, 0.3) is 11.3 Å². The maximum Gasteiger partial charge on any atom is 0.144 e. The first kappa shape index (κ1) is 14.1. The summed E-state index contributed by atoms with van der Waals surface area (Å²) >= 11 is 0. The number of anilines is 1. The average Bonchev–Trinajstić information content (AvgIpc) is 2.46. The molecule has 1 N–H and O–H groups in total. The van der Waals surface area contributed by atoms with Crippen molar-refractivity contribution in [2.24, 2.45) is 0 Å². The van der Waals surface area contributed by atoms with Crippen molar-refractivity contribution < 1.29 is 0 Å². The maximum atomic E-state index is 9.13. The number of aryl methyl sites for hydroxylation is 1. The SMILES string of the molecule is CCc1ccc(-c2ccc(C#N)c(NC(C)C)n2)cc1. The van der Waals surface area contributed by atoms with Crippen molar-refractivity contribution >= 4 is 5.82 Å². The van der Waals surface area contributed by atoms with Crippen molar-refractivity contribution in [3.05, 3.63) is 47.5 Å². The number of pyridine rings is 1. The Morgan fingerprint density at radius 1 is 1.15 bits per heavy atom. The fraction of sp³-hybridized carbons (Fsp3) is 0.294. The highest BCUT2D eigenvalue weighted by Crippen LogP contribution is 2.22. The van der Waals surface area contributed by atoms with Gasteiger partial charge in [-0.1, -0.05) is 31.2 Å². The van der Waals surface area contributed by atoms with Crippen LogP contribution in [-0.4, -0.2) is 11.0 Å². The van der Waals surface area contributed by atoms with Gasteiger partial charge in [0, 0.05) is 11.6 Å². The van der Waals surface area contributed by atoms with Gasteiger partial charge in [0.2, 0.25) is 0 Å². The maximum absolute atomic E-state index is 9.13. The zero-order chi connectivity index (χ0) is 14.5. The lowest BCUT2D eigenvalue weighted by atomic mass is 10.1. The minimum Gasteiger partial charge on any atom is -0.367 e. The van der Waals surface area contributed by atoms with E-state index in [9.17, 15) is 0 Å². The van der Waals surface area contributed by atoms with Gasteiger partial charge in [-0.3, -0.25) is 0 Å². The molecule has 0 aliphatic rings. The molecule has 0 unspecified atom stereocenters. The van der Waals surface area contributed by atoms with Crippen molar-refractivity contribution in [3.63, 3.8) is 0 Å². The van der Waals surface area contributed by atoms with E-state index in [0.717, 1.165) is 17.7 Å². The normalized spacial score (nSPS) is 10.3. The third-order valence-electron chi connectivity index (χ3n) is 3.10. The van der Waals surface area contributed by atoms with Crippen LogP contribution in [0.5, 0.6) is 0 Å². The molecule has 0 amide bonds. The van der Waals surface area contributed by atoms with E-state index in [-0.39, 0.29) is 6.04 Å². The zero-order valence-corrected chi connectivity index (χ0v) is 12.1. The molecule has 1 aromatic heterocycles. The monoisotopic (exact) mass is 265 g/mol. The topological polar surface area (TPSA) is 48.7 Å². The van der Waals surface area contributed by atoms with E-state index in [4.69, 9.17) is 5.26 Å². The highest BCUT2D eigenvalue weighted by Gasteiger charge is 2.08. The van der Waals surface area contributed by atoms with Crippen molar-refractivity contribution in [3.8, 4) is 17.3 Å². The van der Waals surface area contributed by atoms with Gasteiger partial charge < -0.3 is 5.32 Å². The molecule has 20 heavy (non-hydrogen) atoms. The van der Waals surface area contributed by atoms with Gasteiger partial charge in [0.25, 0.3) is 0 Å². The first-order valence-corrected chi connectivity index (χ1v) is 6.91. The number of hydrogen-bond acceptors (Lipinski definition) is 3. The average molecular weight is 265 g/mol. The minimum atomic E-state index is 0.243. The predicted molar refractivity (Wildman–Crippen MR) is 82.5 cm³/mol. The van der Waals surface area contributed by atoms with Gasteiger partial charge in [0.1, 0.15) is 11.9 Å². The molecular weight excluding hydrogens is 246 g/mol. The Morgan fingerprint density at radius 2 is 1.85 bits per heavy atom. The molecule has 0 spiro atoms. The Bertz CT molecular complexity index is 622. The van der Waals surface area contributed by atoms with Crippen molar-refractivity contribution in [2.75, 3.05) is 5.32 Å². The lowest BCUT2D eigenvalue weighted by Crippen LogP contribution is -2.12. The molecule has 2 rings (SSSR count). The second-order valence-corrected chi connectivity index (χ2v) is 5.05. The molecule has 0 saturated carbocycles. The second-order valence-electron chi connectivity index (χ2n) is 5.05. The molecule has 2 aromatic rings.